The summed E-state index contributed by atoms with van der Waals surface area (Å²) in [5.41, 5.74) is 1.98. The Hall–Kier alpha value is -4.34. The molecule has 2 N–H and O–H groups in total. The molecular weight excluding hydrogens is 624 g/mol. The summed E-state index contributed by atoms with van der Waals surface area (Å²) < 4.78 is 24.2. The van der Waals surface area contributed by atoms with Crippen LogP contribution in [0.3, 0.4) is 0 Å². The molecule has 1 heterocycles. The van der Waals surface area contributed by atoms with Crippen LogP contribution in [-0.2, 0) is 22.5 Å². The van der Waals surface area contributed by atoms with E-state index in [9.17, 15) is 4.79 Å². The number of aliphatic imine (C=N–C) groups is 1. The van der Waals surface area contributed by atoms with Crippen molar-refractivity contribution in [3.05, 3.63) is 124 Å². The number of benzene rings is 4. The third-order valence-electron chi connectivity index (χ3n) is 7.45. The van der Waals surface area contributed by atoms with Crippen LogP contribution in [0.2, 0.25) is 0 Å². The fourth-order valence-corrected chi connectivity index (χ4v) is 5.41. The lowest BCUT2D eigenvalue weighted by molar-refractivity contribution is -0.129. The van der Waals surface area contributed by atoms with Gasteiger partial charge in [-0.15, -0.1) is 0 Å². The standard InChI is InChI=1S/C35H35BrN2O6/c1-41-30-18-13-27(31(21-30)42-2)23-37-34(40)35(22-24-9-14-28(36)15-10-24)32(25-7-4-3-5-8-25)44-33(38-35)26-11-16-29(17-12-26)43-20-6-19-39/h3-5,7-18,21,32,39H,6,19-20,22-23H2,1-2H3,(H,37,40)/t32-,35-/m1/s1. The monoisotopic (exact) mass is 658 g/mol. The Morgan fingerprint density at radius 1 is 0.955 bits per heavy atom. The van der Waals surface area contributed by atoms with Gasteiger partial charge < -0.3 is 29.4 Å². The van der Waals surface area contributed by atoms with Crippen molar-refractivity contribution in [2.24, 2.45) is 4.99 Å². The summed E-state index contributed by atoms with van der Waals surface area (Å²) in [4.78, 5) is 19.6. The zero-order valence-corrected chi connectivity index (χ0v) is 26.3. The van der Waals surface area contributed by atoms with Crippen LogP contribution >= 0.6 is 15.9 Å². The number of methoxy groups -OCH3 is 2. The second-order valence-corrected chi connectivity index (χ2v) is 11.3. The Morgan fingerprint density at radius 2 is 1.68 bits per heavy atom. The maximum atomic E-state index is 14.5. The zero-order valence-electron chi connectivity index (χ0n) is 24.7. The molecule has 44 heavy (non-hydrogen) atoms. The number of halogens is 1. The van der Waals surface area contributed by atoms with Gasteiger partial charge in [0.1, 0.15) is 17.2 Å². The molecule has 1 aliphatic rings. The summed E-state index contributed by atoms with van der Waals surface area (Å²) in [6, 6.07) is 30.5. The molecule has 1 aliphatic heterocycles. The third-order valence-corrected chi connectivity index (χ3v) is 7.98. The van der Waals surface area contributed by atoms with E-state index in [-0.39, 0.29) is 19.1 Å². The number of ether oxygens (including phenoxy) is 4. The van der Waals surface area contributed by atoms with E-state index in [0.29, 0.717) is 42.6 Å². The number of nitrogens with zero attached hydrogens (tertiary/aromatic N) is 1. The van der Waals surface area contributed by atoms with Crippen LogP contribution in [-0.4, -0.2) is 49.9 Å². The molecule has 0 radical (unpaired) electrons. The highest BCUT2D eigenvalue weighted by atomic mass is 79.9. The van der Waals surface area contributed by atoms with Crippen molar-refractivity contribution in [3.8, 4) is 17.2 Å². The SMILES string of the molecule is COc1ccc(CNC(=O)[C@]2(Cc3ccc(Br)cc3)N=C(c3ccc(OCCCO)cc3)O[C@@H]2c2ccccc2)c(OC)c1. The van der Waals surface area contributed by atoms with Gasteiger partial charge >= 0.3 is 0 Å². The molecule has 4 aromatic carbocycles. The van der Waals surface area contributed by atoms with Gasteiger partial charge in [0.2, 0.25) is 5.90 Å². The summed E-state index contributed by atoms with van der Waals surface area (Å²) in [6.07, 6.45) is 0.157. The van der Waals surface area contributed by atoms with Gasteiger partial charge in [-0.1, -0.05) is 58.4 Å². The summed E-state index contributed by atoms with van der Waals surface area (Å²) in [7, 11) is 3.18. The van der Waals surface area contributed by atoms with E-state index in [2.05, 4.69) is 21.2 Å². The molecule has 0 bridgehead atoms. The first-order chi connectivity index (χ1) is 21.5. The zero-order chi connectivity index (χ0) is 30.9. The molecule has 9 heteroatoms. The molecule has 0 spiro atoms. The smallest absolute Gasteiger partial charge is 0.252 e. The minimum Gasteiger partial charge on any atom is -0.497 e. The maximum Gasteiger partial charge on any atom is 0.252 e. The van der Waals surface area contributed by atoms with E-state index < -0.39 is 11.6 Å². The van der Waals surface area contributed by atoms with Crippen LogP contribution in [0.4, 0.5) is 0 Å². The summed E-state index contributed by atoms with van der Waals surface area (Å²) in [5.74, 6) is 2.05. The maximum absolute atomic E-state index is 14.5. The van der Waals surface area contributed by atoms with Crippen LogP contribution in [0.25, 0.3) is 0 Å². The molecule has 1 amide bonds. The molecule has 4 aromatic rings. The molecule has 0 saturated heterocycles. The Labute approximate surface area is 265 Å². The Morgan fingerprint density at radius 3 is 2.36 bits per heavy atom. The van der Waals surface area contributed by atoms with E-state index in [1.807, 2.05) is 91.0 Å². The topological polar surface area (TPSA) is 98.6 Å². The molecule has 0 saturated carbocycles. The average molecular weight is 660 g/mol. The second-order valence-electron chi connectivity index (χ2n) is 10.4. The van der Waals surface area contributed by atoms with Crippen molar-refractivity contribution in [1.29, 1.82) is 0 Å². The first kappa shape index (κ1) is 31.1. The van der Waals surface area contributed by atoms with Crippen LogP contribution < -0.4 is 19.5 Å². The van der Waals surface area contributed by atoms with Gasteiger partial charge in [-0.2, -0.15) is 0 Å². The number of amides is 1. The number of aliphatic hydroxyl groups excluding tert-OH is 1. The first-order valence-corrected chi connectivity index (χ1v) is 15.1. The lowest BCUT2D eigenvalue weighted by Gasteiger charge is -2.31. The Kier molecular flexibility index (Phi) is 10.2. The van der Waals surface area contributed by atoms with Crippen molar-refractivity contribution in [1.82, 2.24) is 5.32 Å². The number of hydrogen-bond donors (Lipinski definition) is 2. The molecule has 5 rings (SSSR count). The van der Waals surface area contributed by atoms with Crippen molar-refractivity contribution in [3.63, 3.8) is 0 Å². The minimum absolute atomic E-state index is 0.0668. The first-order valence-electron chi connectivity index (χ1n) is 14.3. The Balaban J connectivity index is 1.53. The predicted octanol–water partition coefficient (Wildman–Crippen LogP) is 6.04. The van der Waals surface area contributed by atoms with Crippen molar-refractivity contribution < 1.29 is 28.8 Å². The van der Waals surface area contributed by atoms with Crippen molar-refractivity contribution in [2.75, 3.05) is 27.4 Å². The van der Waals surface area contributed by atoms with E-state index >= 15 is 0 Å². The van der Waals surface area contributed by atoms with Gasteiger partial charge in [0.15, 0.2) is 11.6 Å². The number of carbonyl (C=O) groups is 1. The van der Waals surface area contributed by atoms with Gasteiger partial charge in [-0.3, -0.25) is 4.79 Å². The predicted molar refractivity (Wildman–Crippen MR) is 172 cm³/mol. The van der Waals surface area contributed by atoms with Crippen LogP contribution in [0.1, 0.15) is 34.8 Å². The van der Waals surface area contributed by atoms with Crippen LogP contribution in [0.15, 0.2) is 107 Å². The minimum atomic E-state index is -1.32. The molecular formula is C35H35BrN2O6. The van der Waals surface area contributed by atoms with E-state index in [0.717, 1.165) is 26.7 Å². The molecule has 0 unspecified atom stereocenters. The highest BCUT2D eigenvalue weighted by Crippen LogP contribution is 2.43. The van der Waals surface area contributed by atoms with Gasteiger partial charge in [-0.05, 0) is 59.7 Å². The normalized spacial score (nSPS) is 17.4. The van der Waals surface area contributed by atoms with Crippen molar-refractivity contribution in [2.45, 2.75) is 31.0 Å². The highest BCUT2D eigenvalue weighted by Gasteiger charge is 2.53. The Bertz CT molecular complexity index is 1580. The van der Waals surface area contributed by atoms with Crippen LogP contribution in [0, 0.1) is 0 Å². The quantitative estimate of drug-likeness (QED) is 0.170. The fraction of sp³-hybridized carbons (Fsp3) is 0.257. The van der Waals surface area contributed by atoms with E-state index in [1.165, 1.54) is 0 Å². The highest BCUT2D eigenvalue weighted by molar-refractivity contribution is 9.10. The number of hydrogen-bond acceptors (Lipinski definition) is 7. The second kappa shape index (κ2) is 14.4. The van der Waals surface area contributed by atoms with Gasteiger partial charge in [0, 0.05) is 47.7 Å². The number of nitrogens with one attached hydrogen (secondary N) is 1. The van der Waals surface area contributed by atoms with Crippen molar-refractivity contribution >= 4 is 27.7 Å². The van der Waals surface area contributed by atoms with Gasteiger partial charge in [-0.25, -0.2) is 4.99 Å². The third kappa shape index (κ3) is 7.06. The molecule has 0 aliphatic carbocycles. The number of aliphatic hydroxyl groups is 1. The molecule has 8 nitrogen and oxygen atoms in total. The lowest BCUT2D eigenvalue weighted by atomic mass is 9.82. The summed E-state index contributed by atoms with van der Waals surface area (Å²) >= 11 is 3.51. The van der Waals surface area contributed by atoms with Gasteiger partial charge in [0.05, 0.1) is 20.8 Å². The van der Waals surface area contributed by atoms with E-state index in [4.69, 9.17) is 29.0 Å². The molecule has 228 valence electrons. The largest absolute Gasteiger partial charge is 0.497 e. The van der Waals surface area contributed by atoms with Gasteiger partial charge in [0.25, 0.3) is 5.91 Å². The van der Waals surface area contributed by atoms with E-state index in [1.54, 1.807) is 20.3 Å². The number of rotatable bonds is 13. The number of carbonyl (C=O) groups excluding carboxylic acids is 1. The summed E-state index contributed by atoms with van der Waals surface area (Å²) in [5, 5.41) is 12.2. The fourth-order valence-electron chi connectivity index (χ4n) is 5.15. The molecule has 0 fully saturated rings. The summed E-state index contributed by atoms with van der Waals surface area (Å²) in [6.45, 7) is 0.705. The molecule has 2 atom stereocenters. The average Bonchev–Trinajstić information content (AvgIpc) is 3.45. The lowest BCUT2D eigenvalue weighted by Crippen LogP contribution is -2.49. The molecule has 0 aromatic heterocycles. The van der Waals surface area contributed by atoms with Crippen LogP contribution in [0.5, 0.6) is 17.2 Å².